The number of para-hydroxylation sites is 1. The van der Waals surface area contributed by atoms with Crippen molar-refractivity contribution in [1.82, 2.24) is 20.1 Å². The summed E-state index contributed by atoms with van der Waals surface area (Å²) in [7, 11) is 1.60. The SMILES string of the molecule is COc1nc(-c2cccc3c2OCCO3)ccc1Nc1ccc(CNCc2cnn(C(=O)OC(C)(C)C)c2)cc1. The number of pyridine rings is 1. The number of carbonyl (C=O) groups excluding carboxylic acids is 1. The van der Waals surface area contributed by atoms with Crippen LogP contribution in [0.5, 0.6) is 17.4 Å². The van der Waals surface area contributed by atoms with Crippen molar-refractivity contribution in [3.8, 4) is 28.6 Å². The van der Waals surface area contributed by atoms with Crippen molar-refractivity contribution in [3.05, 3.63) is 78.1 Å². The number of anilines is 2. The summed E-state index contributed by atoms with van der Waals surface area (Å²) in [6, 6.07) is 17.7. The van der Waals surface area contributed by atoms with Crippen LogP contribution in [0.15, 0.2) is 67.0 Å². The summed E-state index contributed by atoms with van der Waals surface area (Å²) in [6.45, 7) is 7.74. The van der Waals surface area contributed by atoms with Crippen molar-refractivity contribution in [3.63, 3.8) is 0 Å². The maximum absolute atomic E-state index is 12.1. The zero-order chi connectivity index (χ0) is 28.1. The summed E-state index contributed by atoms with van der Waals surface area (Å²) >= 11 is 0. The molecule has 5 rings (SSSR count). The standard InChI is InChI=1S/C30H33N5O5/c1-30(2,3)40-29(36)35-19-21(18-32-35)17-31-16-20-8-10-22(11-9-20)33-25-13-12-24(34-28(25)37-4)23-6-5-7-26-27(23)39-15-14-38-26/h5-13,18-19,31,33H,14-17H2,1-4H3. The van der Waals surface area contributed by atoms with Gasteiger partial charge in [-0.2, -0.15) is 9.78 Å². The highest BCUT2D eigenvalue weighted by Crippen LogP contribution is 2.40. The number of ether oxygens (including phenoxy) is 4. The van der Waals surface area contributed by atoms with Crippen LogP contribution in [0.1, 0.15) is 31.9 Å². The van der Waals surface area contributed by atoms with Gasteiger partial charge in [0, 0.05) is 36.1 Å². The zero-order valence-corrected chi connectivity index (χ0v) is 23.1. The van der Waals surface area contributed by atoms with Crippen LogP contribution < -0.4 is 24.8 Å². The van der Waals surface area contributed by atoms with Gasteiger partial charge < -0.3 is 29.6 Å². The smallest absolute Gasteiger partial charge is 0.435 e. The molecule has 40 heavy (non-hydrogen) atoms. The fourth-order valence-corrected chi connectivity index (χ4v) is 4.19. The van der Waals surface area contributed by atoms with Crippen LogP contribution in [-0.2, 0) is 17.8 Å². The van der Waals surface area contributed by atoms with Crippen molar-refractivity contribution in [1.29, 1.82) is 0 Å². The first-order valence-corrected chi connectivity index (χ1v) is 13.1. The van der Waals surface area contributed by atoms with Crippen molar-refractivity contribution >= 4 is 17.5 Å². The Bertz CT molecular complexity index is 1480. The third-order valence-corrected chi connectivity index (χ3v) is 6.00. The number of nitrogens with zero attached hydrogens (tertiary/aromatic N) is 3. The predicted molar refractivity (Wildman–Crippen MR) is 151 cm³/mol. The number of hydrogen-bond acceptors (Lipinski definition) is 9. The average molecular weight is 544 g/mol. The Balaban J connectivity index is 1.18. The first-order valence-electron chi connectivity index (χ1n) is 13.1. The monoisotopic (exact) mass is 543 g/mol. The average Bonchev–Trinajstić information content (AvgIpc) is 3.42. The number of rotatable bonds is 8. The second kappa shape index (κ2) is 11.7. The quantitative estimate of drug-likeness (QED) is 0.296. The van der Waals surface area contributed by atoms with Crippen molar-refractivity contribution in [2.24, 2.45) is 0 Å². The highest BCUT2D eigenvalue weighted by Gasteiger charge is 2.20. The molecule has 0 atom stereocenters. The molecular weight excluding hydrogens is 510 g/mol. The van der Waals surface area contributed by atoms with E-state index in [2.05, 4.69) is 15.7 Å². The number of benzene rings is 2. The van der Waals surface area contributed by atoms with Crippen molar-refractivity contribution in [2.45, 2.75) is 39.5 Å². The lowest BCUT2D eigenvalue weighted by atomic mass is 10.1. The molecule has 10 nitrogen and oxygen atoms in total. The summed E-state index contributed by atoms with van der Waals surface area (Å²) in [4.78, 5) is 16.9. The minimum Gasteiger partial charge on any atom is -0.486 e. The molecule has 0 spiro atoms. The second-order valence-electron chi connectivity index (χ2n) is 10.3. The molecule has 0 radical (unpaired) electrons. The molecule has 208 valence electrons. The molecule has 2 aromatic heterocycles. The molecule has 2 aromatic carbocycles. The Morgan fingerprint density at radius 1 is 1.00 bits per heavy atom. The molecule has 0 fully saturated rings. The van der Waals surface area contributed by atoms with Gasteiger partial charge in [-0.05, 0) is 62.7 Å². The Morgan fingerprint density at radius 2 is 1.77 bits per heavy atom. The molecule has 1 aliphatic rings. The van der Waals surface area contributed by atoms with Crippen LogP contribution in [0, 0.1) is 0 Å². The Hall–Kier alpha value is -4.57. The van der Waals surface area contributed by atoms with E-state index in [0.29, 0.717) is 37.9 Å². The fourth-order valence-electron chi connectivity index (χ4n) is 4.19. The van der Waals surface area contributed by atoms with E-state index in [0.717, 1.165) is 39.5 Å². The molecule has 0 saturated heterocycles. The van der Waals surface area contributed by atoms with Crippen molar-refractivity contribution < 1.29 is 23.7 Å². The molecule has 4 aromatic rings. The Morgan fingerprint density at radius 3 is 2.55 bits per heavy atom. The van der Waals surface area contributed by atoms with E-state index in [1.807, 2.05) is 75.4 Å². The summed E-state index contributed by atoms with van der Waals surface area (Å²) in [5.74, 6) is 1.90. The molecule has 0 bridgehead atoms. The van der Waals surface area contributed by atoms with Crippen molar-refractivity contribution in [2.75, 3.05) is 25.6 Å². The molecule has 2 N–H and O–H groups in total. The fraction of sp³-hybridized carbons (Fsp3) is 0.300. The number of hydrogen-bond donors (Lipinski definition) is 2. The Labute approximate surface area is 233 Å². The van der Waals surface area contributed by atoms with E-state index in [1.54, 1.807) is 19.5 Å². The number of methoxy groups -OCH3 is 1. The van der Waals surface area contributed by atoms with Crippen LogP contribution in [0.4, 0.5) is 16.2 Å². The molecule has 0 amide bonds. The highest BCUT2D eigenvalue weighted by molar-refractivity contribution is 5.75. The van der Waals surface area contributed by atoms with E-state index in [9.17, 15) is 4.79 Å². The van der Waals surface area contributed by atoms with E-state index in [4.69, 9.17) is 23.9 Å². The van der Waals surface area contributed by atoms with Gasteiger partial charge in [-0.3, -0.25) is 0 Å². The van der Waals surface area contributed by atoms with Crippen LogP contribution in [0.25, 0.3) is 11.3 Å². The van der Waals surface area contributed by atoms with Crippen LogP contribution >= 0.6 is 0 Å². The zero-order valence-electron chi connectivity index (χ0n) is 23.1. The van der Waals surface area contributed by atoms with Gasteiger partial charge in [0.1, 0.15) is 24.5 Å². The lowest BCUT2D eigenvalue weighted by Crippen LogP contribution is -2.27. The minimum absolute atomic E-state index is 0.476. The number of carbonyl (C=O) groups is 1. The predicted octanol–water partition coefficient (Wildman–Crippen LogP) is 5.54. The highest BCUT2D eigenvalue weighted by atomic mass is 16.6. The largest absolute Gasteiger partial charge is 0.486 e. The molecule has 1 aliphatic heterocycles. The van der Waals surface area contributed by atoms with Gasteiger partial charge >= 0.3 is 6.09 Å². The van der Waals surface area contributed by atoms with Gasteiger partial charge in [0.25, 0.3) is 0 Å². The van der Waals surface area contributed by atoms with Crippen LogP contribution in [0.2, 0.25) is 0 Å². The lowest BCUT2D eigenvalue weighted by Gasteiger charge is -2.21. The van der Waals surface area contributed by atoms with E-state index < -0.39 is 11.7 Å². The second-order valence-corrected chi connectivity index (χ2v) is 10.3. The lowest BCUT2D eigenvalue weighted by molar-refractivity contribution is 0.0514. The van der Waals surface area contributed by atoms with Gasteiger partial charge in [-0.1, -0.05) is 18.2 Å². The molecular formula is C30H33N5O5. The molecule has 0 aliphatic carbocycles. The summed E-state index contributed by atoms with van der Waals surface area (Å²) in [6.07, 6.45) is 2.84. The van der Waals surface area contributed by atoms with E-state index >= 15 is 0 Å². The number of fused-ring (bicyclic) bond motifs is 1. The molecule has 10 heteroatoms. The first-order chi connectivity index (χ1) is 19.3. The number of aromatic nitrogens is 3. The first kappa shape index (κ1) is 27.0. The Kier molecular flexibility index (Phi) is 7.88. The third kappa shape index (κ3) is 6.52. The number of nitrogens with one attached hydrogen (secondary N) is 2. The van der Waals surface area contributed by atoms with Gasteiger partial charge in [-0.25, -0.2) is 9.78 Å². The minimum atomic E-state index is -0.569. The normalized spacial score (nSPS) is 12.6. The summed E-state index contributed by atoms with van der Waals surface area (Å²) < 4.78 is 23.7. The maximum atomic E-state index is 12.1. The summed E-state index contributed by atoms with van der Waals surface area (Å²) in [5.41, 5.74) is 4.69. The third-order valence-electron chi connectivity index (χ3n) is 6.00. The van der Waals surface area contributed by atoms with E-state index in [1.165, 1.54) is 4.68 Å². The van der Waals surface area contributed by atoms with Crippen LogP contribution in [-0.4, -0.2) is 46.8 Å². The van der Waals surface area contributed by atoms with Gasteiger partial charge in [-0.15, -0.1) is 0 Å². The summed E-state index contributed by atoms with van der Waals surface area (Å²) in [5, 5.41) is 10.9. The van der Waals surface area contributed by atoms with Gasteiger partial charge in [0.15, 0.2) is 11.5 Å². The molecule has 0 unspecified atom stereocenters. The maximum Gasteiger partial charge on any atom is 0.435 e. The van der Waals surface area contributed by atoms with E-state index in [-0.39, 0.29) is 0 Å². The van der Waals surface area contributed by atoms with Gasteiger partial charge in [0.2, 0.25) is 5.88 Å². The molecule has 3 heterocycles. The molecule has 0 saturated carbocycles. The van der Waals surface area contributed by atoms with Crippen LogP contribution in [0.3, 0.4) is 0 Å². The topological polar surface area (TPSA) is 109 Å². The van der Waals surface area contributed by atoms with Gasteiger partial charge in [0.05, 0.1) is 19.0 Å².